The van der Waals surface area contributed by atoms with E-state index in [1.54, 1.807) is 0 Å². The monoisotopic (exact) mass is 209 g/mol. The molecule has 2 aliphatic rings. The van der Waals surface area contributed by atoms with Crippen LogP contribution >= 0.6 is 0 Å². The first kappa shape index (κ1) is 10.7. The minimum absolute atomic E-state index is 0.0166. The Morgan fingerprint density at radius 1 is 1.47 bits per heavy atom. The number of rotatable bonds is 5. The third kappa shape index (κ3) is 2.40. The molecular weight excluding hydrogens is 190 g/mol. The summed E-state index contributed by atoms with van der Waals surface area (Å²) in [5.74, 6) is 1.27. The van der Waals surface area contributed by atoms with Crippen molar-refractivity contribution < 1.29 is 9.53 Å². The molecule has 0 aromatic carbocycles. The lowest BCUT2D eigenvalue weighted by Gasteiger charge is -2.16. The van der Waals surface area contributed by atoms with Gasteiger partial charge in [-0.2, -0.15) is 0 Å². The molecular formula is C12H19NO2. The van der Waals surface area contributed by atoms with Crippen molar-refractivity contribution in [2.45, 2.75) is 19.3 Å². The molecule has 3 heteroatoms. The van der Waals surface area contributed by atoms with Gasteiger partial charge in [0.05, 0.1) is 12.5 Å². The van der Waals surface area contributed by atoms with Gasteiger partial charge in [-0.25, -0.2) is 0 Å². The molecule has 0 amide bonds. The molecule has 3 nitrogen and oxygen atoms in total. The maximum atomic E-state index is 11.7. The molecule has 0 aliphatic heterocycles. The Balaban J connectivity index is 1.70. The molecule has 3 unspecified atom stereocenters. The van der Waals surface area contributed by atoms with Gasteiger partial charge in [0, 0.05) is 0 Å². The van der Waals surface area contributed by atoms with Gasteiger partial charge in [0.25, 0.3) is 0 Å². The number of hydrogen-bond donors (Lipinski definition) is 1. The second-order valence-corrected chi connectivity index (χ2v) is 4.51. The van der Waals surface area contributed by atoms with E-state index in [2.05, 4.69) is 17.5 Å². The zero-order valence-electron chi connectivity index (χ0n) is 9.24. The maximum absolute atomic E-state index is 11.7. The lowest BCUT2D eigenvalue weighted by atomic mass is 9.94. The van der Waals surface area contributed by atoms with Crippen LogP contribution in [0.2, 0.25) is 0 Å². The van der Waals surface area contributed by atoms with Crippen molar-refractivity contribution in [3.8, 4) is 0 Å². The summed E-state index contributed by atoms with van der Waals surface area (Å²) in [6, 6.07) is 0. The van der Waals surface area contributed by atoms with Crippen molar-refractivity contribution in [1.29, 1.82) is 0 Å². The van der Waals surface area contributed by atoms with Crippen molar-refractivity contribution in [3.63, 3.8) is 0 Å². The molecule has 2 aliphatic carbocycles. The maximum Gasteiger partial charge on any atom is 0.309 e. The zero-order valence-corrected chi connectivity index (χ0v) is 9.24. The summed E-state index contributed by atoms with van der Waals surface area (Å²) in [5.41, 5.74) is 0. The van der Waals surface area contributed by atoms with E-state index in [0.717, 1.165) is 25.8 Å². The van der Waals surface area contributed by atoms with Gasteiger partial charge in [-0.3, -0.25) is 4.79 Å². The lowest BCUT2D eigenvalue weighted by Crippen LogP contribution is -2.22. The molecule has 0 saturated heterocycles. The van der Waals surface area contributed by atoms with E-state index in [-0.39, 0.29) is 11.9 Å². The topological polar surface area (TPSA) is 38.3 Å². The van der Waals surface area contributed by atoms with Crippen LogP contribution in [-0.2, 0) is 9.53 Å². The van der Waals surface area contributed by atoms with Crippen LogP contribution < -0.4 is 5.32 Å². The van der Waals surface area contributed by atoms with E-state index in [9.17, 15) is 4.79 Å². The first-order valence-corrected chi connectivity index (χ1v) is 5.81. The van der Waals surface area contributed by atoms with Gasteiger partial charge in [-0.15, -0.1) is 0 Å². The summed E-state index contributed by atoms with van der Waals surface area (Å²) in [5, 5.41) is 3.04. The Kier molecular flexibility index (Phi) is 3.41. The largest absolute Gasteiger partial charge is 0.465 e. The van der Waals surface area contributed by atoms with Crippen LogP contribution in [-0.4, -0.2) is 26.2 Å². The Morgan fingerprint density at radius 3 is 2.93 bits per heavy atom. The Morgan fingerprint density at radius 2 is 2.33 bits per heavy atom. The Labute approximate surface area is 90.9 Å². The van der Waals surface area contributed by atoms with Crippen molar-refractivity contribution in [2.75, 3.05) is 20.2 Å². The van der Waals surface area contributed by atoms with E-state index in [1.165, 1.54) is 0 Å². The highest BCUT2D eigenvalue weighted by molar-refractivity contribution is 5.74. The number of carbonyl (C=O) groups excluding carboxylic acids is 1. The number of nitrogens with one attached hydrogen (secondary N) is 1. The number of esters is 1. The third-order valence-electron chi connectivity index (χ3n) is 3.40. The highest BCUT2D eigenvalue weighted by atomic mass is 16.5. The van der Waals surface area contributed by atoms with E-state index >= 15 is 0 Å². The predicted molar refractivity (Wildman–Crippen MR) is 58.3 cm³/mol. The summed E-state index contributed by atoms with van der Waals surface area (Å²) < 4.78 is 5.27. The van der Waals surface area contributed by atoms with Gasteiger partial charge in [0.15, 0.2) is 0 Å². The molecule has 1 saturated carbocycles. The molecule has 1 fully saturated rings. The number of carbonyl (C=O) groups is 1. The second kappa shape index (κ2) is 4.79. The van der Waals surface area contributed by atoms with Crippen molar-refractivity contribution in [1.82, 2.24) is 5.32 Å². The van der Waals surface area contributed by atoms with Gasteiger partial charge in [-0.05, 0) is 44.7 Å². The molecule has 3 atom stereocenters. The summed E-state index contributed by atoms with van der Waals surface area (Å²) in [4.78, 5) is 11.7. The Hall–Kier alpha value is -0.830. The molecule has 0 aromatic heterocycles. The fraction of sp³-hybridized carbons (Fsp3) is 0.750. The van der Waals surface area contributed by atoms with Gasteiger partial charge in [-0.1, -0.05) is 12.2 Å². The fourth-order valence-electron chi connectivity index (χ4n) is 2.58. The molecule has 0 heterocycles. The van der Waals surface area contributed by atoms with E-state index in [0.29, 0.717) is 18.4 Å². The molecule has 84 valence electrons. The van der Waals surface area contributed by atoms with Crippen molar-refractivity contribution in [3.05, 3.63) is 12.2 Å². The molecule has 0 aromatic rings. The number of allylic oxidation sites excluding steroid dienone is 2. The first-order chi connectivity index (χ1) is 7.31. The van der Waals surface area contributed by atoms with Crippen LogP contribution in [0.4, 0.5) is 0 Å². The van der Waals surface area contributed by atoms with E-state index in [4.69, 9.17) is 4.74 Å². The van der Waals surface area contributed by atoms with Crippen molar-refractivity contribution >= 4 is 5.97 Å². The molecule has 15 heavy (non-hydrogen) atoms. The highest BCUT2D eigenvalue weighted by Gasteiger charge is 2.40. The normalized spacial score (nSPS) is 32.2. The van der Waals surface area contributed by atoms with Crippen LogP contribution in [0.15, 0.2) is 12.2 Å². The fourth-order valence-corrected chi connectivity index (χ4v) is 2.58. The first-order valence-electron chi connectivity index (χ1n) is 5.81. The Bertz CT molecular complexity index is 262. The van der Waals surface area contributed by atoms with Crippen molar-refractivity contribution in [2.24, 2.45) is 17.8 Å². The highest BCUT2D eigenvalue weighted by Crippen LogP contribution is 2.43. The molecule has 2 bridgehead atoms. The SMILES string of the molecule is CNCCCOC(=O)C1CC2C=CC1C2. The molecule has 0 spiro atoms. The van der Waals surface area contributed by atoms with Gasteiger partial charge in [0.1, 0.15) is 0 Å². The zero-order chi connectivity index (χ0) is 10.7. The molecule has 2 rings (SSSR count). The number of hydrogen-bond acceptors (Lipinski definition) is 3. The summed E-state index contributed by atoms with van der Waals surface area (Å²) >= 11 is 0. The van der Waals surface area contributed by atoms with Crippen LogP contribution in [0.25, 0.3) is 0 Å². The van der Waals surface area contributed by atoms with E-state index < -0.39 is 0 Å². The lowest BCUT2D eigenvalue weighted by molar-refractivity contribution is -0.149. The summed E-state index contributed by atoms with van der Waals surface area (Å²) in [6.45, 7) is 1.46. The average Bonchev–Trinajstić information content (AvgIpc) is 2.85. The molecule has 1 N–H and O–H groups in total. The number of ether oxygens (including phenoxy) is 1. The summed E-state index contributed by atoms with van der Waals surface area (Å²) in [6.07, 6.45) is 7.50. The van der Waals surface area contributed by atoms with Crippen LogP contribution in [0.1, 0.15) is 19.3 Å². The van der Waals surface area contributed by atoms with E-state index in [1.807, 2.05) is 7.05 Å². The average molecular weight is 209 g/mol. The van der Waals surface area contributed by atoms with Gasteiger partial charge < -0.3 is 10.1 Å². The predicted octanol–water partition coefficient (Wildman–Crippen LogP) is 1.35. The van der Waals surface area contributed by atoms with Gasteiger partial charge in [0.2, 0.25) is 0 Å². The minimum Gasteiger partial charge on any atom is -0.465 e. The standard InChI is InChI=1S/C12H19NO2/c1-13-5-2-6-15-12(14)11-8-9-3-4-10(11)7-9/h3-4,9-11,13H,2,5-8H2,1H3. The smallest absolute Gasteiger partial charge is 0.309 e. The van der Waals surface area contributed by atoms with Crippen LogP contribution in [0, 0.1) is 17.8 Å². The second-order valence-electron chi connectivity index (χ2n) is 4.51. The molecule has 0 radical (unpaired) electrons. The van der Waals surface area contributed by atoms with Gasteiger partial charge >= 0.3 is 5.97 Å². The summed E-state index contributed by atoms with van der Waals surface area (Å²) in [7, 11) is 1.91. The van der Waals surface area contributed by atoms with Crippen LogP contribution in [0.3, 0.4) is 0 Å². The van der Waals surface area contributed by atoms with Crippen LogP contribution in [0.5, 0.6) is 0 Å². The number of fused-ring (bicyclic) bond motifs is 2. The quantitative estimate of drug-likeness (QED) is 0.422. The minimum atomic E-state index is 0.0166. The third-order valence-corrected chi connectivity index (χ3v) is 3.40.